The summed E-state index contributed by atoms with van der Waals surface area (Å²) in [5.74, 6) is -1.19. The molecule has 0 saturated heterocycles. The van der Waals surface area contributed by atoms with Crippen molar-refractivity contribution in [2.24, 2.45) is 10.8 Å². The van der Waals surface area contributed by atoms with Crippen LogP contribution in [0.25, 0.3) is 0 Å². The van der Waals surface area contributed by atoms with Crippen LogP contribution < -0.4 is 9.47 Å². The predicted octanol–water partition coefficient (Wildman–Crippen LogP) is 5.71. The third-order valence-electron chi connectivity index (χ3n) is 7.10. The minimum Gasteiger partial charge on any atom is -0.497 e. The van der Waals surface area contributed by atoms with Gasteiger partial charge in [0.25, 0.3) is 0 Å². The Morgan fingerprint density at radius 2 is 1.00 bits per heavy atom. The summed E-state index contributed by atoms with van der Waals surface area (Å²) in [5.41, 5.74) is -2.31. The highest BCUT2D eigenvalue weighted by Crippen LogP contribution is 2.43. The molecule has 236 valence electrons. The molecule has 0 aliphatic rings. The average Bonchev–Trinajstić information content (AvgIpc) is 3.03. The summed E-state index contributed by atoms with van der Waals surface area (Å²) in [5, 5.41) is 0. The van der Waals surface area contributed by atoms with Crippen molar-refractivity contribution < 1.29 is 42.8 Å². The second-order valence-electron chi connectivity index (χ2n) is 11.1. The molecular weight excluding hydrogens is 564 g/mol. The number of ether oxygens (including phenoxy) is 6. The lowest BCUT2D eigenvalue weighted by Crippen LogP contribution is -2.52. The van der Waals surface area contributed by atoms with Gasteiger partial charge in [0.15, 0.2) is 0 Å². The third kappa shape index (κ3) is 7.39. The molecule has 9 heteroatoms. The van der Waals surface area contributed by atoms with E-state index in [0.29, 0.717) is 28.2 Å². The number of carbonyl (C=O) groups is 3. The molecule has 0 amide bonds. The Morgan fingerprint density at radius 1 is 0.568 bits per heavy atom. The smallest absolute Gasteiger partial charge is 0.329 e. The first-order chi connectivity index (χ1) is 21.0. The van der Waals surface area contributed by atoms with Crippen LogP contribution in [0.2, 0.25) is 0 Å². The SMILES string of the molecule is CCOC(=O)C(COC(=O)C(C)(C)C)(COC(c1ccccc1)(c1ccc(OC)cc1)c1ccc(OC)cc1)C(=O)OCC. The summed E-state index contributed by atoms with van der Waals surface area (Å²) in [6.07, 6.45) is 0. The summed E-state index contributed by atoms with van der Waals surface area (Å²) < 4.78 is 34.1. The molecule has 0 bridgehead atoms. The molecule has 0 atom stereocenters. The highest BCUT2D eigenvalue weighted by molar-refractivity contribution is 6.01. The molecule has 0 spiro atoms. The Labute approximate surface area is 259 Å². The van der Waals surface area contributed by atoms with Crippen LogP contribution in [0.4, 0.5) is 0 Å². The van der Waals surface area contributed by atoms with Gasteiger partial charge in [-0.1, -0.05) is 54.6 Å². The van der Waals surface area contributed by atoms with Gasteiger partial charge in [-0.2, -0.15) is 0 Å². The summed E-state index contributed by atoms with van der Waals surface area (Å²) in [7, 11) is 3.15. The summed E-state index contributed by atoms with van der Waals surface area (Å²) >= 11 is 0. The van der Waals surface area contributed by atoms with E-state index in [4.69, 9.17) is 28.4 Å². The number of esters is 3. The van der Waals surface area contributed by atoms with Crippen LogP contribution in [-0.2, 0) is 38.9 Å². The van der Waals surface area contributed by atoms with Gasteiger partial charge >= 0.3 is 17.9 Å². The highest BCUT2D eigenvalue weighted by atomic mass is 16.6. The van der Waals surface area contributed by atoms with E-state index >= 15 is 0 Å². The first-order valence-corrected chi connectivity index (χ1v) is 14.5. The van der Waals surface area contributed by atoms with Crippen molar-refractivity contribution in [1.82, 2.24) is 0 Å². The molecule has 9 nitrogen and oxygen atoms in total. The molecule has 3 rings (SSSR count). The lowest BCUT2D eigenvalue weighted by Gasteiger charge is -2.39. The van der Waals surface area contributed by atoms with Crippen molar-refractivity contribution in [2.75, 3.05) is 40.6 Å². The first-order valence-electron chi connectivity index (χ1n) is 14.5. The molecular formula is C35H42O9. The average molecular weight is 607 g/mol. The molecule has 44 heavy (non-hydrogen) atoms. The van der Waals surface area contributed by atoms with Crippen LogP contribution in [-0.4, -0.2) is 58.6 Å². The number of benzene rings is 3. The van der Waals surface area contributed by atoms with Gasteiger partial charge in [-0.15, -0.1) is 0 Å². The van der Waals surface area contributed by atoms with Gasteiger partial charge in [0.1, 0.15) is 23.7 Å². The van der Waals surface area contributed by atoms with E-state index in [2.05, 4.69) is 0 Å². The van der Waals surface area contributed by atoms with Crippen molar-refractivity contribution in [3.63, 3.8) is 0 Å². The van der Waals surface area contributed by atoms with Gasteiger partial charge in [-0.05, 0) is 75.6 Å². The van der Waals surface area contributed by atoms with Crippen LogP contribution in [0.3, 0.4) is 0 Å². The zero-order valence-electron chi connectivity index (χ0n) is 26.5. The van der Waals surface area contributed by atoms with E-state index in [-0.39, 0.29) is 13.2 Å². The molecule has 0 aliphatic heterocycles. The Morgan fingerprint density at radius 3 is 1.39 bits per heavy atom. The summed E-state index contributed by atoms with van der Waals surface area (Å²) in [4.78, 5) is 40.3. The fourth-order valence-corrected chi connectivity index (χ4v) is 4.61. The van der Waals surface area contributed by atoms with Crippen LogP contribution >= 0.6 is 0 Å². The van der Waals surface area contributed by atoms with Crippen molar-refractivity contribution >= 4 is 17.9 Å². The zero-order chi connectivity index (χ0) is 32.4. The normalized spacial score (nSPS) is 11.8. The maximum absolute atomic E-state index is 13.7. The summed E-state index contributed by atoms with van der Waals surface area (Å²) in [6.45, 7) is 7.05. The largest absolute Gasteiger partial charge is 0.497 e. The minimum absolute atomic E-state index is 0.0198. The Hall–Kier alpha value is -4.37. The van der Waals surface area contributed by atoms with E-state index in [0.717, 1.165) is 0 Å². The maximum atomic E-state index is 13.7. The van der Waals surface area contributed by atoms with Crippen molar-refractivity contribution in [1.29, 1.82) is 0 Å². The van der Waals surface area contributed by atoms with E-state index in [9.17, 15) is 14.4 Å². The molecule has 3 aromatic rings. The minimum atomic E-state index is -2.13. The van der Waals surface area contributed by atoms with Gasteiger partial charge < -0.3 is 28.4 Å². The van der Waals surface area contributed by atoms with Crippen molar-refractivity contribution in [3.8, 4) is 11.5 Å². The van der Waals surface area contributed by atoms with Gasteiger partial charge in [-0.25, -0.2) is 0 Å². The quantitative estimate of drug-likeness (QED) is 0.0987. The standard InChI is InChI=1S/C35H42O9/c1-8-41-31(37)34(32(38)42-9-2,23-43-30(36)33(3,4)5)24-44-35(25-13-11-10-12-14-25,26-15-19-28(39-6)20-16-26)27-17-21-29(40-7)22-18-27/h10-22H,8-9,23-24H2,1-7H3. The van der Waals surface area contributed by atoms with Gasteiger partial charge in [0, 0.05) is 0 Å². The van der Waals surface area contributed by atoms with Crippen LogP contribution in [0.5, 0.6) is 11.5 Å². The maximum Gasteiger partial charge on any atom is 0.329 e. The molecule has 0 aliphatic carbocycles. The highest BCUT2D eigenvalue weighted by Gasteiger charge is 2.54. The molecule has 0 aromatic heterocycles. The number of rotatable bonds is 14. The van der Waals surface area contributed by atoms with Gasteiger partial charge in [0.2, 0.25) is 5.41 Å². The molecule has 0 fully saturated rings. The molecule has 0 radical (unpaired) electrons. The van der Waals surface area contributed by atoms with Gasteiger partial charge in [0.05, 0.1) is 39.5 Å². The number of hydrogen-bond donors (Lipinski definition) is 0. The zero-order valence-corrected chi connectivity index (χ0v) is 26.5. The summed E-state index contributed by atoms with van der Waals surface area (Å²) in [6, 6.07) is 24.0. The number of hydrogen-bond acceptors (Lipinski definition) is 9. The monoisotopic (exact) mass is 606 g/mol. The van der Waals surface area contributed by atoms with E-state index in [1.807, 2.05) is 54.6 Å². The second-order valence-corrected chi connectivity index (χ2v) is 11.1. The first kappa shape index (κ1) is 34.1. The fourth-order valence-electron chi connectivity index (χ4n) is 4.61. The molecule has 0 unspecified atom stereocenters. The van der Waals surface area contributed by atoms with Crippen LogP contribution in [0.15, 0.2) is 78.9 Å². The Balaban J connectivity index is 2.28. The lowest BCUT2D eigenvalue weighted by atomic mass is 9.79. The van der Waals surface area contributed by atoms with Crippen molar-refractivity contribution in [3.05, 3.63) is 95.6 Å². The lowest BCUT2D eigenvalue weighted by molar-refractivity contribution is -0.189. The van der Waals surface area contributed by atoms with Crippen LogP contribution in [0, 0.1) is 10.8 Å². The molecule has 0 N–H and O–H groups in total. The number of methoxy groups -OCH3 is 2. The third-order valence-corrected chi connectivity index (χ3v) is 7.10. The van der Waals surface area contributed by atoms with E-state index in [1.165, 1.54) is 0 Å². The fraction of sp³-hybridized carbons (Fsp3) is 0.400. The molecule has 3 aromatic carbocycles. The van der Waals surface area contributed by atoms with Crippen molar-refractivity contribution in [2.45, 2.75) is 40.2 Å². The second kappa shape index (κ2) is 14.9. The Kier molecular flexibility index (Phi) is 11.5. The topological polar surface area (TPSA) is 107 Å². The Bertz CT molecular complexity index is 1310. The number of carbonyl (C=O) groups excluding carboxylic acids is 3. The van der Waals surface area contributed by atoms with Crippen LogP contribution in [0.1, 0.15) is 51.3 Å². The van der Waals surface area contributed by atoms with E-state index in [1.54, 1.807) is 73.1 Å². The predicted molar refractivity (Wildman–Crippen MR) is 164 cm³/mol. The molecule has 0 saturated carbocycles. The van der Waals surface area contributed by atoms with Gasteiger partial charge in [-0.3, -0.25) is 14.4 Å². The van der Waals surface area contributed by atoms with E-state index < -0.39 is 47.6 Å². The molecule has 0 heterocycles.